The molecule has 0 aliphatic heterocycles. The van der Waals surface area contributed by atoms with Gasteiger partial charge in [-0.05, 0) is 40.2 Å². The van der Waals surface area contributed by atoms with Crippen molar-refractivity contribution in [2.24, 2.45) is 0 Å². The summed E-state index contributed by atoms with van der Waals surface area (Å²) in [6, 6.07) is 10.9. The van der Waals surface area contributed by atoms with Crippen molar-refractivity contribution in [3.63, 3.8) is 0 Å². The van der Waals surface area contributed by atoms with E-state index in [9.17, 15) is 0 Å². The number of hydrogen-bond acceptors (Lipinski definition) is 4. The zero-order chi connectivity index (χ0) is 12.5. The van der Waals surface area contributed by atoms with Gasteiger partial charge in [0.25, 0.3) is 0 Å². The maximum atomic E-state index is 5.92. The molecule has 0 unspecified atom stereocenters. The summed E-state index contributed by atoms with van der Waals surface area (Å²) in [6.45, 7) is 0. The van der Waals surface area contributed by atoms with Gasteiger partial charge in [-0.3, -0.25) is 0 Å². The Hall–Kier alpha value is -2.08. The van der Waals surface area contributed by atoms with E-state index in [1.54, 1.807) is 16.9 Å². The zero-order valence-electron chi connectivity index (χ0n) is 9.25. The van der Waals surface area contributed by atoms with Gasteiger partial charge in [-0.1, -0.05) is 6.07 Å². The average molecular weight is 305 g/mol. The Morgan fingerprint density at radius 2 is 2.11 bits per heavy atom. The lowest BCUT2D eigenvalue weighted by Gasteiger charge is -2.00. The third kappa shape index (κ3) is 1.91. The first-order valence-electron chi connectivity index (χ1n) is 5.27. The van der Waals surface area contributed by atoms with Gasteiger partial charge in [0.1, 0.15) is 11.5 Å². The van der Waals surface area contributed by atoms with E-state index in [-0.39, 0.29) is 0 Å². The molecule has 0 aliphatic rings. The van der Waals surface area contributed by atoms with Gasteiger partial charge in [0.05, 0.1) is 0 Å². The van der Waals surface area contributed by atoms with Crippen LogP contribution in [0.2, 0.25) is 0 Å². The van der Waals surface area contributed by atoms with Crippen molar-refractivity contribution in [2.75, 3.05) is 5.73 Å². The number of nitrogens with zero attached hydrogens (tertiary/aromatic N) is 3. The van der Waals surface area contributed by atoms with Crippen LogP contribution in [-0.4, -0.2) is 14.8 Å². The van der Waals surface area contributed by atoms with Gasteiger partial charge in [-0.25, -0.2) is 4.98 Å². The molecule has 0 spiro atoms. The number of furan rings is 1. The molecule has 0 aromatic carbocycles. The molecule has 3 rings (SSSR count). The minimum absolute atomic E-state index is 0.510. The molecule has 3 heterocycles. The van der Waals surface area contributed by atoms with Crippen LogP contribution < -0.4 is 5.73 Å². The monoisotopic (exact) mass is 304 g/mol. The predicted molar refractivity (Wildman–Crippen MR) is 71.2 cm³/mol. The average Bonchev–Trinajstić information content (AvgIpc) is 2.97. The molecule has 2 N–H and O–H groups in total. The summed E-state index contributed by atoms with van der Waals surface area (Å²) in [6.07, 6.45) is 1.69. The molecular formula is C12H9BrN4O. The van der Waals surface area contributed by atoms with Crippen molar-refractivity contribution in [1.82, 2.24) is 14.8 Å². The third-order valence-corrected chi connectivity index (χ3v) is 2.86. The van der Waals surface area contributed by atoms with Crippen molar-refractivity contribution in [3.05, 3.63) is 47.3 Å². The van der Waals surface area contributed by atoms with Crippen molar-refractivity contribution in [1.29, 1.82) is 0 Å². The van der Waals surface area contributed by atoms with E-state index in [2.05, 4.69) is 26.0 Å². The fourth-order valence-corrected chi connectivity index (χ4v) is 1.94. The van der Waals surface area contributed by atoms with Crippen LogP contribution in [0.5, 0.6) is 0 Å². The first-order valence-corrected chi connectivity index (χ1v) is 6.06. The van der Waals surface area contributed by atoms with Gasteiger partial charge < -0.3 is 10.2 Å². The maximum absolute atomic E-state index is 5.92. The number of hydrogen-bond donors (Lipinski definition) is 1. The molecular weight excluding hydrogens is 296 g/mol. The van der Waals surface area contributed by atoms with Crippen LogP contribution in [0.15, 0.2) is 51.7 Å². The molecule has 0 saturated carbocycles. The van der Waals surface area contributed by atoms with Crippen LogP contribution in [0.25, 0.3) is 17.3 Å². The minimum Gasteiger partial charge on any atom is -0.448 e. The summed E-state index contributed by atoms with van der Waals surface area (Å²) in [4.78, 5) is 4.20. The number of anilines is 1. The highest BCUT2D eigenvalue weighted by molar-refractivity contribution is 9.10. The maximum Gasteiger partial charge on any atom is 0.169 e. The van der Waals surface area contributed by atoms with E-state index in [0.29, 0.717) is 27.8 Å². The smallest absolute Gasteiger partial charge is 0.169 e. The number of rotatable bonds is 2. The molecule has 90 valence electrons. The standard InChI is InChI=1S/C12H9BrN4O/c13-10-5-4-9(18-10)8-7-11(14)17(16-8)12-3-1-2-6-15-12/h1-7H,14H2. The van der Waals surface area contributed by atoms with Crippen LogP contribution in [0.4, 0.5) is 5.82 Å². The van der Waals surface area contributed by atoms with Crippen LogP contribution in [0.3, 0.4) is 0 Å². The fourth-order valence-electron chi connectivity index (χ4n) is 1.63. The summed E-state index contributed by atoms with van der Waals surface area (Å²) in [5.41, 5.74) is 6.59. The number of halogens is 1. The van der Waals surface area contributed by atoms with Crippen molar-refractivity contribution < 1.29 is 4.42 Å². The number of nitrogens with two attached hydrogens (primary N) is 1. The normalized spacial score (nSPS) is 10.7. The van der Waals surface area contributed by atoms with Crippen LogP contribution in [0, 0.1) is 0 Å². The fraction of sp³-hybridized carbons (Fsp3) is 0. The summed E-state index contributed by atoms with van der Waals surface area (Å²) in [5, 5.41) is 4.38. The molecule has 0 amide bonds. The topological polar surface area (TPSA) is 69.9 Å². The second kappa shape index (κ2) is 4.30. The number of pyridine rings is 1. The molecule has 5 nitrogen and oxygen atoms in total. The van der Waals surface area contributed by atoms with E-state index >= 15 is 0 Å². The van der Waals surface area contributed by atoms with Gasteiger partial charge in [-0.2, -0.15) is 9.78 Å². The predicted octanol–water partition coefficient (Wildman–Crippen LogP) is 2.87. The van der Waals surface area contributed by atoms with Crippen LogP contribution in [-0.2, 0) is 0 Å². The highest BCUT2D eigenvalue weighted by Crippen LogP contribution is 2.26. The zero-order valence-corrected chi connectivity index (χ0v) is 10.8. The Bertz CT molecular complexity index is 674. The first kappa shape index (κ1) is 11.0. The van der Waals surface area contributed by atoms with Crippen LogP contribution in [0.1, 0.15) is 0 Å². The lowest BCUT2D eigenvalue weighted by molar-refractivity contribution is 0.553. The largest absolute Gasteiger partial charge is 0.448 e. The van der Waals surface area contributed by atoms with E-state index in [4.69, 9.17) is 10.2 Å². The number of aromatic nitrogens is 3. The van der Waals surface area contributed by atoms with Gasteiger partial charge in [0, 0.05) is 12.3 Å². The van der Waals surface area contributed by atoms with Crippen molar-refractivity contribution in [3.8, 4) is 17.3 Å². The highest BCUT2D eigenvalue weighted by Gasteiger charge is 2.12. The van der Waals surface area contributed by atoms with Gasteiger partial charge in [0.2, 0.25) is 0 Å². The van der Waals surface area contributed by atoms with Gasteiger partial charge >= 0.3 is 0 Å². The summed E-state index contributed by atoms with van der Waals surface area (Å²) in [7, 11) is 0. The van der Waals surface area contributed by atoms with E-state index in [0.717, 1.165) is 0 Å². The van der Waals surface area contributed by atoms with Crippen LogP contribution >= 0.6 is 15.9 Å². The van der Waals surface area contributed by atoms with E-state index in [1.165, 1.54) is 0 Å². The quantitative estimate of drug-likeness (QED) is 0.790. The van der Waals surface area contributed by atoms with E-state index in [1.807, 2.05) is 30.3 Å². The Labute approximate surface area is 111 Å². The summed E-state index contributed by atoms with van der Waals surface area (Å²) >= 11 is 3.25. The highest BCUT2D eigenvalue weighted by atomic mass is 79.9. The summed E-state index contributed by atoms with van der Waals surface area (Å²) < 4.78 is 7.67. The lowest BCUT2D eigenvalue weighted by atomic mass is 10.3. The second-order valence-corrected chi connectivity index (χ2v) is 4.44. The van der Waals surface area contributed by atoms with Crippen molar-refractivity contribution >= 4 is 21.7 Å². The van der Waals surface area contributed by atoms with Crippen molar-refractivity contribution in [2.45, 2.75) is 0 Å². The lowest BCUT2D eigenvalue weighted by Crippen LogP contribution is -2.03. The molecule has 0 atom stereocenters. The minimum atomic E-state index is 0.510. The Balaban J connectivity index is 2.06. The first-order chi connectivity index (χ1) is 8.74. The Morgan fingerprint density at radius 1 is 1.22 bits per heavy atom. The molecule has 6 heteroatoms. The SMILES string of the molecule is Nc1cc(-c2ccc(Br)o2)nn1-c1ccccn1. The Morgan fingerprint density at radius 3 is 2.78 bits per heavy atom. The molecule has 3 aromatic rings. The molecule has 0 radical (unpaired) electrons. The molecule has 0 aliphatic carbocycles. The summed E-state index contributed by atoms with van der Waals surface area (Å²) in [5.74, 6) is 1.84. The Kier molecular flexibility index (Phi) is 2.64. The third-order valence-electron chi connectivity index (χ3n) is 2.43. The number of nitrogen functional groups attached to an aromatic ring is 1. The molecule has 0 saturated heterocycles. The molecule has 0 bridgehead atoms. The molecule has 3 aromatic heterocycles. The van der Waals surface area contributed by atoms with E-state index < -0.39 is 0 Å². The second-order valence-electron chi connectivity index (χ2n) is 3.66. The molecule has 0 fully saturated rings. The van der Waals surface area contributed by atoms with Gasteiger partial charge in [-0.15, -0.1) is 0 Å². The molecule has 18 heavy (non-hydrogen) atoms. The van der Waals surface area contributed by atoms with Gasteiger partial charge in [0.15, 0.2) is 16.2 Å².